The van der Waals surface area contributed by atoms with Gasteiger partial charge < -0.3 is 0 Å². The largest absolute Gasteiger partial charge is 0.280 e. The van der Waals surface area contributed by atoms with Crippen LogP contribution in [0.15, 0.2) is 48.5 Å². The summed E-state index contributed by atoms with van der Waals surface area (Å²) >= 11 is 0. The van der Waals surface area contributed by atoms with Crippen LogP contribution in [-0.4, -0.2) is 19.8 Å². The standard InChI is InChI=1S/C23H26N4/c1-15-6-7-16(2)19(12-15)13-17-8-10-18(11-9-17)22-24-21-14-20(23(3,4)5)25-27(21)26-22/h6-12,14,25H,13H2,1-5H3. The van der Waals surface area contributed by atoms with Crippen LogP contribution in [0.3, 0.4) is 0 Å². The molecule has 4 heteroatoms. The zero-order valence-corrected chi connectivity index (χ0v) is 16.7. The number of hydrogen-bond donors (Lipinski definition) is 1. The highest BCUT2D eigenvalue weighted by Gasteiger charge is 2.18. The van der Waals surface area contributed by atoms with Gasteiger partial charge in [-0.1, -0.05) is 68.8 Å². The lowest BCUT2D eigenvalue weighted by Gasteiger charge is -2.14. The average molecular weight is 358 g/mol. The molecule has 0 aliphatic rings. The summed E-state index contributed by atoms with van der Waals surface area (Å²) in [7, 11) is 0. The molecule has 0 saturated heterocycles. The molecule has 0 atom stereocenters. The Kier molecular flexibility index (Phi) is 4.14. The number of fused-ring (bicyclic) bond motifs is 1. The highest BCUT2D eigenvalue weighted by molar-refractivity contribution is 5.59. The van der Waals surface area contributed by atoms with Crippen molar-refractivity contribution in [3.63, 3.8) is 0 Å². The summed E-state index contributed by atoms with van der Waals surface area (Å²) in [5, 5.41) is 7.93. The van der Waals surface area contributed by atoms with Gasteiger partial charge in [0.15, 0.2) is 11.5 Å². The fourth-order valence-electron chi connectivity index (χ4n) is 3.26. The molecule has 4 rings (SSSR count). The van der Waals surface area contributed by atoms with Gasteiger partial charge in [-0.15, -0.1) is 5.10 Å². The lowest BCUT2D eigenvalue weighted by molar-refractivity contribution is 0.557. The molecule has 0 radical (unpaired) electrons. The third-order valence-corrected chi connectivity index (χ3v) is 5.05. The van der Waals surface area contributed by atoms with Crippen LogP contribution in [0.4, 0.5) is 0 Å². The van der Waals surface area contributed by atoms with Crippen LogP contribution in [0.2, 0.25) is 0 Å². The molecule has 1 N–H and O–H groups in total. The molecule has 0 aliphatic carbocycles. The Morgan fingerprint density at radius 1 is 0.963 bits per heavy atom. The van der Waals surface area contributed by atoms with Crippen molar-refractivity contribution in [3.05, 3.63) is 76.5 Å². The topological polar surface area (TPSA) is 46.0 Å². The van der Waals surface area contributed by atoms with Crippen molar-refractivity contribution in [3.8, 4) is 11.4 Å². The number of nitrogens with one attached hydrogen (secondary N) is 1. The lowest BCUT2D eigenvalue weighted by Crippen LogP contribution is -2.12. The summed E-state index contributed by atoms with van der Waals surface area (Å²) < 4.78 is 1.76. The minimum atomic E-state index is 0.0537. The van der Waals surface area contributed by atoms with Crippen LogP contribution in [0, 0.1) is 13.8 Å². The quantitative estimate of drug-likeness (QED) is 0.545. The van der Waals surface area contributed by atoms with Gasteiger partial charge >= 0.3 is 0 Å². The number of nitrogens with zero attached hydrogens (tertiary/aromatic N) is 3. The summed E-state index contributed by atoms with van der Waals surface area (Å²) in [6, 6.07) is 17.3. The fourth-order valence-corrected chi connectivity index (χ4v) is 3.26. The van der Waals surface area contributed by atoms with Crippen molar-refractivity contribution >= 4 is 5.65 Å². The number of aromatic amines is 1. The van der Waals surface area contributed by atoms with E-state index < -0.39 is 0 Å². The third kappa shape index (κ3) is 3.52. The van der Waals surface area contributed by atoms with E-state index in [1.807, 2.05) is 0 Å². The highest BCUT2D eigenvalue weighted by atomic mass is 15.5. The molecule has 2 heterocycles. The van der Waals surface area contributed by atoms with Gasteiger partial charge in [-0.2, -0.15) is 4.63 Å². The van der Waals surface area contributed by atoms with E-state index in [4.69, 9.17) is 0 Å². The van der Waals surface area contributed by atoms with Crippen LogP contribution in [0.25, 0.3) is 17.0 Å². The van der Waals surface area contributed by atoms with E-state index in [-0.39, 0.29) is 5.41 Å². The van der Waals surface area contributed by atoms with Crippen molar-refractivity contribution in [1.82, 2.24) is 19.8 Å². The average Bonchev–Trinajstić information content (AvgIpc) is 3.18. The molecule has 2 aromatic carbocycles. The van der Waals surface area contributed by atoms with Gasteiger partial charge in [-0.3, -0.25) is 5.10 Å². The number of H-pyrrole nitrogens is 1. The minimum absolute atomic E-state index is 0.0537. The number of aromatic nitrogens is 4. The number of benzene rings is 2. The summed E-state index contributed by atoms with van der Waals surface area (Å²) in [6.45, 7) is 10.8. The molecule has 2 aromatic heterocycles. The zero-order valence-electron chi connectivity index (χ0n) is 16.7. The Labute approximate surface area is 160 Å². The van der Waals surface area contributed by atoms with E-state index in [9.17, 15) is 0 Å². The highest BCUT2D eigenvalue weighted by Crippen LogP contribution is 2.24. The Morgan fingerprint density at radius 2 is 1.70 bits per heavy atom. The number of aryl methyl sites for hydroxylation is 2. The van der Waals surface area contributed by atoms with Gasteiger partial charge in [0.1, 0.15) is 0 Å². The van der Waals surface area contributed by atoms with E-state index in [0.29, 0.717) is 0 Å². The van der Waals surface area contributed by atoms with Crippen molar-refractivity contribution in [2.24, 2.45) is 0 Å². The van der Waals surface area contributed by atoms with E-state index in [1.165, 1.54) is 22.3 Å². The van der Waals surface area contributed by atoms with Gasteiger partial charge in [0.2, 0.25) is 0 Å². The van der Waals surface area contributed by atoms with Gasteiger partial charge in [0, 0.05) is 22.7 Å². The van der Waals surface area contributed by atoms with E-state index >= 15 is 0 Å². The first-order chi connectivity index (χ1) is 12.8. The molecule has 0 amide bonds. The third-order valence-electron chi connectivity index (χ3n) is 5.05. The maximum Gasteiger partial charge on any atom is 0.183 e. The fraction of sp³-hybridized carbons (Fsp3) is 0.304. The Hall–Kier alpha value is -2.88. The van der Waals surface area contributed by atoms with Gasteiger partial charge in [0.25, 0.3) is 0 Å². The lowest BCUT2D eigenvalue weighted by atomic mass is 9.93. The summed E-state index contributed by atoms with van der Waals surface area (Å²) in [6.07, 6.45) is 0.945. The first-order valence-electron chi connectivity index (χ1n) is 9.41. The summed E-state index contributed by atoms with van der Waals surface area (Å²) in [4.78, 5) is 4.68. The van der Waals surface area contributed by atoms with Crippen LogP contribution < -0.4 is 0 Å². The molecule has 4 aromatic rings. The van der Waals surface area contributed by atoms with Crippen molar-refractivity contribution in [2.45, 2.75) is 46.5 Å². The molecule has 0 unspecified atom stereocenters. The van der Waals surface area contributed by atoms with Crippen LogP contribution in [0.1, 0.15) is 48.7 Å². The monoisotopic (exact) mass is 358 g/mol. The van der Waals surface area contributed by atoms with Gasteiger partial charge in [0.05, 0.1) is 0 Å². The second-order valence-electron chi connectivity index (χ2n) is 8.43. The number of rotatable bonds is 3. The second-order valence-corrected chi connectivity index (χ2v) is 8.43. The SMILES string of the molecule is Cc1ccc(C)c(Cc2ccc(-c3nc4cc(C(C)(C)C)[nH]n4n3)cc2)c1. The minimum Gasteiger partial charge on any atom is -0.280 e. The Bertz CT molecular complexity index is 1060. The smallest absolute Gasteiger partial charge is 0.183 e. The predicted molar refractivity (Wildman–Crippen MR) is 110 cm³/mol. The van der Waals surface area contributed by atoms with Crippen LogP contribution in [-0.2, 0) is 11.8 Å². The van der Waals surface area contributed by atoms with Crippen molar-refractivity contribution in [2.75, 3.05) is 0 Å². The maximum atomic E-state index is 4.68. The molecule has 0 saturated carbocycles. The Morgan fingerprint density at radius 3 is 2.37 bits per heavy atom. The van der Waals surface area contributed by atoms with Crippen molar-refractivity contribution < 1.29 is 0 Å². The summed E-state index contributed by atoms with van der Waals surface area (Å²) in [5.41, 5.74) is 8.40. The molecule has 4 nitrogen and oxygen atoms in total. The maximum absolute atomic E-state index is 4.68. The molecule has 138 valence electrons. The molecular weight excluding hydrogens is 332 g/mol. The van der Waals surface area contributed by atoms with E-state index in [2.05, 4.69) is 98.3 Å². The zero-order chi connectivity index (χ0) is 19.2. The second kappa shape index (κ2) is 6.38. The van der Waals surface area contributed by atoms with E-state index in [0.717, 1.165) is 29.1 Å². The van der Waals surface area contributed by atoms with Gasteiger partial charge in [-0.05, 0) is 37.0 Å². The predicted octanol–water partition coefficient (Wildman–Crippen LogP) is 5.23. The molecule has 0 spiro atoms. The normalized spacial score (nSPS) is 12.0. The van der Waals surface area contributed by atoms with Gasteiger partial charge in [-0.25, -0.2) is 4.98 Å². The molecule has 27 heavy (non-hydrogen) atoms. The van der Waals surface area contributed by atoms with Crippen molar-refractivity contribution in [1.29, 1.82) is 0 Å². The van der Waals surface area contributed by atoms with Crippen LogP contribution >= 0.6 is 0 Å². The van der Waals surface area contributed by atoms with E-state index in [1.54, 1.807) is 4.63 Å². The molecule has 0 aliphatic heterocycles. The Balaban J connectivity index is 1.57. The summed E-state index contributed by atoms with van der Waals surface area (Å²) in [5.74, 6) is 0.750. The first-order valence-corrected chi connectivity index (χ1v) is 9.41. The molecule has 0 fully saturated rings. The molecular formula is C23H26N4. The number of hydrogen-bond acceptors (Lipinski definition) is 2. The first kappa shape index (κ1) is 17.5. The molecule has 0 bridgehead atoms. The van der Waals surface area contributed by atoms with Crippen LogP contribution in [0.5, 0.6) is 0 Å².